The number of hydrogen-bond donors (Lipinski definition) is 1. The Kier molecular flexibility index (Phi) is 3.76. The van der Waals surface area contributed by atoms with Gasteiger partial charge in [-0.05, 0) is 47.8 Å². The van der Waals surface area contributed by atoms with Crippen LogP contribution < -0.4 is 5.32 Å². The zero-order chi connectivity index (χ0) is 13.4. The van der Waals surface area contributed by atoms with Crippen molar-refractivity contribution in [1.29, 1.82) is 0 Å². The number of halogens is 3. The van der Waals surface area contributed by atoms with Crippen molar-refractivity contribution in [2.75, 3.05) is 18.4 Å². The Hall–Kier alpha value is -0.680. The highest BCUT2D eigenvalue weighted by atomic mass is 79.9. The molecule has 5 heteroatoms. The number of piperidine rings is 1. The van der Waals surface area contributed by atoms with Crippen LogP contribution in [0.15, 0.2) is 16.6 Å². The van der Waals surface area contributed by atoms with E-state index in [1.165, 1.54) is 25.0 Å². The van der Waals surface area contributed by atoms with Crippen LogP contribution in [0.3, 0.4) is 0 Å². The van der Waals surface area contributed by atoms with Gasteiger partial charge in [0.15, 0.2) is 0 Å². The van der Waals surface area contributed by atoms with Gasteiger partial charge in [0.05, 0.1) is 10.2 Å². The number of nitrogens with zero attached hydrogens (tertiary/aromatic N) is 1. The molecule has 3 rings (SSSR count). The number of nitrogens with one attached hydrogen (secondary N) is 1. The first-order valence-corrected chi connectivity index (χ1v) is 7.59. The number of hydrogen-bond acceptors (Lipinski definition) is 2. The average Bonchev–Trinajstić information content (AvgIpc) is 2.80. The van der Waals surface area contributed by atoms with Gasteiger partial charge in [0, 0.05) is 24.7 Å². The molecule has 1 aromatic carbocycles. The largest absolute Gasteiger partial charge is 0.378 e. The van der Waals surface area contributed by atoms with Crippen molar-refractivity contribution in [3.8, 4) is 0 Å². The number of rotatable bonds is 2. The summed E-state index contributed by atoms with van der Waals surface area (Å²) in [7, 11) is 0. The fraction of sp³-hybridized carbons (Fsp3) is 0.571. The normalized spacial score (nSPS) is 27.3. The van der Waals surface area contributed by atoms with Crippen molar-refractivity contribution in [3.63, 3.8) is 0 Å². The van der Waals surface area contributed by atoms with Crippen LogP contribution >= 0.6 is 15.9 Å². The standard InChI is InChI=1S/C14H17BrF2N2/c15-9-7-11(17)13(8-10(9)16)18-12-4-6-19-5-2-1-3-14(12)19/h7-8,12,14,18H,1-6H2. The van der Waals surface area contributed by atoms with Crippen LogP contribution in [-0.4, -0.2) is 30.1 Å². The molecule has 1 N–H and O–H groups in total. The maximum Gasteiger partial charge on any atom is 0.147 e. The Labute approximate surface area is 120 Å². The highest BCUT2D eigenvalue weighted by Crippen LogP contribution is 2.31. The summed E-state index contributed by atoms with van der Waals surface area (Å²) in [5.74, 6) is -0.829. The Morgan fingerprint density at radius 2 is 1.95 bits per heavy atom. The van der Waals surface area contributed by atoms with Gasteiger partial charge in [-0.3, -0.25) is 4.90 Å². The number of benzene rings is 1. The van der Waals surface area contributed by atoms with E-state index in [2.05, 4.69) is 26.1 Å². The van der Waals surface area contributed by atoms with Crippen molar-refractivity contribution in [1.82, 2.24) is 4.90 Å². The van der Waals surface area contributed by atoms with Crippen molar-refractivity contribution >= 4 is 21.6 Å². The van der Waals surface area contributed by atoms with Gasteiger partial charge in [-0.15, -0.1) is 0 Å². The van der Waals surface area contributed by atoms with E-state index >= 15 is 0 Å². The van der Waals surface area contributed by atoms with Gasteiger partial charge in [0.2, 0.25) is 0 Å². The fourth-order valence-corrected chi connectivity index (χ4v) is 3.56. The number of fused-ring (bicyclic) bond motifs is 1. The minimum absolute atomic E-state index is 0.168. The van der Waals surface area contributed by atoms with Crippen LogP contribution in [0.2, 0.25) is 0 Å². The van der Waals surface area contributed by atoms with E-state index in [9.17, 15) is 8.78 Å². The quantitative estimate of drug-likeness (QED) is 0.830. The third kappa shape index (κ3) is 2.63. The number of anilines is 1. The maximum absolute atomic E-state index is 13.8. The predicted molar refractivity (Wildman–Crippen MR) is 75.3 cm³/mol. The monoisotopic (exact) mass is 330 g/mol. The molecule has 0 aromatic heterocycles. The molecule has 2 saturated heterocycles. The molecule has 2 unspecified atom stereocenters. The lowest BCUT2D eigenvalue weighted by atomic mass is 9.99. The third-order valence-electron chi connectivity index (χ3n) is 4.21. The Morgan fingerprint density at radius 1 is 1.11 bits per heavy atom. The third-order valence-corrected chi connectivity index (χ3v) is 4.81. The molecule has 0 radical (unpaired) electrons. The van der Waals surface area contributed by atoms with Crippen LogP contribution in [0.1, 0.15) is 25.7 Å². The average molecular weight is 331 g/mol. The Morgan fingerprint density at radius 3 is 2.79 bits per heavy atom. The second-order valence-corrected chi connectivity index (χ2v) is 6.24. The minimum Gasteiger partial charge on any atom is -0.378 e. The molecule has 2 aliphatic heterocycles. The molecule has 1 aromatic rings. The van der Waals surface area contributed by atoms with E-state index in [1.807, 2.05) is 0 Å². The molecule has 2 atom stereocenters. The molecule has 0 aliphatic carbocycles. The highest BCUT2D eigenvalue weighted by Gasteiger charge is 2.35. The van der Waals surface area contributed by atoms with Crippen molar-refractivity contribution < 1.29 is 8.78 Å². The zero-order valence-corrected chi connectivity index (χ0v) is 12.2. The summed E-state index contributed by atoms with van der Waals surface area (Å²) in [6.45, 7) is 2.20. The highest BCUT2D eigenvalue weighted by molar-refractivity contribution is 9.10. The van der Waals surface area contributed by atoms with Gasteiger partial charge in [-0.1, -0.05) is 6.42 Å². The first-order chi connectivity index (χ1) is 9.15. The van der Waals surface area contributed by atoms with Crippen molar-refractivity contribution in [2.24, 2.45) is 0 Å². The lowest BCUT2D eigenvalue weighted by Crippen LogP contribution is -2.41. The van der Waals surface area contributed by atoms with Crippen LogP contribution in [0.5, 0.6) is 0 Å². The van der Waals surface area contributed by atoms with Gasteiger partial charge < -0.3 is 5.32 Å². The van der Waals surface area contributed by atoms with Gasteiger partial charge in [-0.25, -0.2) is 8.78 Å². The molecular weight excluding hydrogens is 314 g/mol. The van der Waals surface area contributed by atoms with Gasteiger partial charge >= 0.3 is 0 Å². The lowest BCUT2D eigenvalue weighted by molar-refractivity contribution is 0.192. The van der Waals surface area contributed by atoms with Crippen molar-refractivity contribution in [3.05, 3.63) is 28.2 Å². The molecule has 0 bridgehead atoms. The summed E-state index contributed by atoms with van der Waals surface area (Å²) >= 11 is 3.00. The summed E-state index contributed by atoms with van der Waals surface area (Å²) in [5.41, 5.74) is 0.276. The molecular formula is C14H17BrF2N2. The van der Waals surface area contributed by atoms with Crippen molar-refractivity contribution in [2.45, 2.75) is 37.8 Å². The fourth-order valence-electron chi connectivity index (χ4n) is 3.25. The van der Waals surface area contributed by atoms with E-state index in [1.54, 1.807) is 0 Å². The van der Waals surface area contributed by atoms with Crippen LogP contribution in [0.25, 0.3) is 0 Å². The molecule has 0 saturated carbocycles. The van der Waals surface area contributed by atoms with E-state index in [-0.39, 0.29) is 16.2 Å². The lowest BCUT2D eigenvalue weighted by Gasteiger charge is -2.33. The first-order valence-electron chi connectivity index (χ1n) is 6.80. The van der Waals surface area contributed by atoms with Gasteiger partial charge in [0.1, 0.15) is 11.6 Å². The summed E-state index contributed by atoms with van der Waals surface area (Å²) in [5, 5.41) is 3.20. The van der Waals surface area contributed by atoms with Crippen LogP contribution in [0.4, 0.5) is 14.5 Å². The molecule has 0 amide bonds. The van der Waals surface area contributed by atoms with Gasteiger partial charge in [-0.2, -0.15) is 0 Å². The molecule has 2 aliphatic rings. The second-order valence-electron chi connectivity index (χ2n) is 5.38. The topological polar surface area (TPSA) is 15.3 Å². The Bertz CT molecular complexity index is 481. The Balaban J connectivity index is 1.76. The van der Waals surface area contributed by atoms with E-state index in [0.717, 1.165) is 25.9 Å². The molecule has 2 heterocycles. The molecule has 104 valence electrons. The molecule has 19 heavy (non-hydrogen) atoms. The van der Waals surface area contributed by atoms with Crippen LogP contribution in [-0.2, 0) is 0 Å². The smallest absolute Gasteiger partial charge is 0.147 e. The molecule has 2 fully saturated rings. The van der Waals surface area contributed by atoms with E-state index < -0.39 is 11.6 Å². The maximum atomic E-state index is 13.8. The summed E-state index contributed by atoms with van der Waals surface area (Å²) in [6, 6.07) is 3.13. The first kappa shape index (κ1) is 13.3. The summed E-state index contributed by atoms with van der Waals surface area (Å²) < 4.78 is 27.5. The predicted octanol–water partition coefficient (Wildman–Crippen LogP) is 3.77. The van der Waals surface area contributed by atoms with E-state index in [0.29, 0.717) is 6.04 Å². The molecule has 0 spiro atoms. The summed E-state index contributed by atoms with van der Waals surface area (Å²) in [4.78, 5) is 2.47. The molecule has 2 nitrogen and oxygen atoms in total. The van der Waals surface area contributed by atoms with Crippen LogP contribution in [0, 0.1) is 11.6 Å². The second kappa shape index (κ2) is 5.37. The van der Waals surface area contributed by atoms with E-state index in [4.69, 9.17) is 0 Å². The minimum atomic E-state index is -0.428. The SMILES string of the molecule is Fc1cc(NC2CCN3CCCCC23)c(F)cc1Br. The summed E-state index contributed by atoms with van der Waals surface area (Å²) in [6.07, 6.45) is 4.64. The zero-order valence-electron chi connectivity index (χ0n) is 10.6. The van der Waals surface area contributed by atoms with Gasteiger partial charge in [0.25, 0.3) is 0 Å².